The maximum absolute atomic E-state index is 13.2. The van der Waals surface area contributed by atoms with Gasteiger partial charge in [-0.25, -0.2) is 12.8 Å². The first-order valence-electron chi connectivity index (χ1n) is 7.03. The summed E-state index contributed by atoms with van der Waals surface area (Å²) in [7, 11) is -3.65. The average molecular weight is 347 g/mol. The van der Waals surface area contributed by atoms with E-state index in [2.05, 4.69) is 6.07 Å². The summed E-state index contributed by atoms with van der Waals surface area (Å²) in [6.45, 7) is 4.64. The van der Waals surface area contributed by atoms with Crippen molar-refractivity contribution in [2.45, 2.75) is 11.8 Å². The third-order valence-electron chi connectivity index (χ3n) is 3.77. The molecule has 0 bridgehead atoms. The molecule has 2 rings (SSSR count). The molecule has 120 valence electrons. The van der Waals surface area contributed by atoms with E-state index in [-0.39, 0.29) is 15.8 Å². The monoisotopic (exact) mass is 346 g/mol. The van der Waals surface area contributed by atoms with Gasteiger partial charge in [0.2, 0.25) is 10.0 Å². The normalized spacial score (nSPS) is 18.8. The van der Waals surface area contributed by atoms with Gasteiger partial charge in [0, 0.05) is 0 Å². The van der Waals surface area contributed by atoms with E-state index in [0.29, 0.717) is 32.7 Å². The minimum Gasteiger partial charge on any atom is -0.332 e. The lowest BCUT2D eigenvalue weighted by Gasteiger charge is -2.32. The molecule has 1 fully saturated rings. The number of hydrogen-bond acceptors (Lipinski definition) is 3. The molecule has 8 heteroatoms. The van der Waals surface area contributed by atoms with E-state index >= 15 is 0 Å². The summed E-state index contributed by atoms with van der Waals surface area (Å²) in [5, 5.41) is 8.63. The molecule has 1 aromatic carbocycles. The number of piperazine rings is 1. The largest absolute Gasteiger partial charge is 0.332 e. The van der Waals surface area contributed by atoms with Crippen molar-refractivity contribution in [2.24, 2.45) is 5.92 Å². The molecule has 0 radical (unpaired) electrons. The van der Waals surface area contributed by atoms with Crippen molar-refractivity contribution in [3.8, 4) is 6.07 Å². The van der Waals surface area contributed by atoms with Gasteiger partial charge in [0.15, 0.2) is 0 Å². The summed E-state index contributed by atoms with van der Waals surface area (Å²) in [6.07, 6.45) is 0. The van der Waals surface area contributed by atoms with Crippen LogP contribution in [-0.4, -0.2) is 45.4 Å². The maximum atomic E-state index is 13.2. The van der Waals surface area contributed by atoms with Crippen LogP contribution in [0.5, 0.6) is 0 Å². The first kappa shape index (κ1) is 17.2. The molecule has 0 unspecified atom stereocenters. The van der Waals surface area contributed by atoms with Crippen molar-refractivity contribution in [3.05, 3.63) is 29.0 Å². The van der Waals surface area contributed by atoms with Gasteiger partial charge in [-0.1, -0.05) is 11.6 Å². The molecule has 0 saturated carbocycles. The lowest BCUT2D eigenvalue weighted by Crippen LogP contribution is -3.15. The molecule has 0 aliphatic carbocycles. The van der Waals surface area contributed by atoms with Gasteiger partial charge in [0.05, 0.1) is 54.6 Å². The molecule has 1 aliphatic rings. The van der Waals surface area contributed by atoms with Crippen LogP contribution in [0, 0.1) is 23.1 Å². The van der Waals surface area contributed by atoms with Gasteiger partial charge in [-0.05, 0) is 25.1 Å². The number of benzene rings is 1. The number of nitriles is 1. The summed E-state index contributed by atoms with van der Waals surface area (Å²) in [4.78, 5) is 1.23. The smallest absolute Gasteiger partial charge is 0.243 e. The Kier molecular flexibility index (Phi) is 5.40. The van der Waals surface area contributed by atoms with Crippen molar-refractivity contribution < 1.29 is 17.7 Å². The highest BCUT2D eigenvalue weighted by molar-refractivity contribution is 7.89. The Morgan fingerprint density at radius 2 is 2.09 bits per heavy atom. The lowest BCUT2D eigenvalue weighted by atomic mass is 10.2. The summed E-state index contributed by atoms with van der Waals surface area (Å²) >= 11 is 5.66. The number of nitrogens with zero attached hydrogens (tertiary/aromatic N) is 2. The highest BCUT2D eigenvalue weighted by Crippen LogP contribution is 2.22. The van der Waals surface area contributed by atoms with Gasteiger partial charge in [0.25, 0.3) is 0 Å². The van der Waals surface area contributed by atoms with Gasteiger partial charge >= 0.3 is 0 Å². The van der Waals surface area contributed by atoms with Crippen LogP contribution >= 0.6 is 11.6 Å². The summed E-state index contributed by atoms with van der Waals surface area (Å²) < 4.78 is 39.6. The zero-order valence-electron chi connectivity index (χ0n) is 12.2. The molecule has 0 aromatic heterocycles. The SMILES string of the molecule is C[C@@H](C#N)C[NH+]1CCN(S(=O)(=O)c2ccc(F)c(Cl)c2)CC1. The highest BCUT2D eigenvalue weighted by atomic mass is 35.5. The third kappa shape index (κ3) is 3.76. The second-order valence-corrected chi connectivity index (χ2v) is 7.81. The number of quaternary nitrogens is 1. The van der Waals surface area contributed by atoms with Gasteiger partial charge in [0.1, 0.15) is 5.82 Å². The number of hydrogen-bond donors (Lipinski definition) is 1. The fraction of sp³-hybridized carbons (Fsp3) is 0.500. The summed E-state index contributed by atoms with van der Waals surface area (Å²) in [5.74, 6) is -0.686. The zero-order valence-corrected chi connectivity index (χ0v) is 13.8. The Morgan fingerprint density at radius 3 is 2.64 bits per heavy atom. The van der Waals surface area contributed by atoms with Crippen LogP contribution in [0.4, 0.5) is 4.39 Å². The van der Waals surface area contributed by atoms with Crippen LogP contribution in [0.15, 0.2) is 23.1 Å². The number of halogens is 2. The predicted octanol–water partition coefficient (Wildman–Crippen LogP) is 0.528. The first-order valence-corrected chi connectivity index (χ1v) is 8.85. The van der Waals surface area contributed by atoms with Crippen LogP contribution in [0.2, 0.25) is 5.02 Å². The minimum atomic E-state index is -3.65. The van der Waals surface area contributed by atoms with Crippen LogP contribution in [0.25, 0.3) is 0 Å². The Bertz CT molecular complexity index is 682. The summed E-state index contributed by atoms with van der Waals surface area (Å²) in [6, 6.07) is 5.62. The minimum absolute atomic E-state index is 0.00717. The fourth-order valence-electron chi connectivity index (χ4n) is 2.51. The standard InChI is InChI=1S/C14H17ClFN3O2S/c1-11(9-17)10-18-4-6-19(7-5-18)22(20,21)12-2-3-14(16)13(15)8-12/h2-3,8,11H,4-7,10H2,1H3/p+1/t11-/m0/s1. The van der Waals surface area contributed by atoms with E-state index in [9.17, 15) is 12.8 Å². The van der Waals surface area contributed by atoms with E-state index in [1.54, 1.807) is 0 Å². The third-order valence-corrected chi connectivity index (χ3v) is 5.96. The first-order chi connectivity index (χ1) is 10.3. The van der Waals surface area contributed by atoms with E-state index in [0.717, 1.165) is 12.1 Å². The van der Waals surface area contributed by atoms with Crippen molar-refractivity contribution >= 4 is 21.6 Å². The molecule has 1 aliphatic heterocycles. The van der Waals surface area contributed by atoms with Crippen LogP contribution in [-0.2, 0) is 10.0 Å². The van der Waals surface area contributed by atoms with Crippen LogP contribution < -0.4 is 4.90 Å². The summed E-state index contributed by atoms with van der Waals surface area (Å²) in [5.41, 5.74) is 0. The molecular weight excluding hydrogens is 329 g/mol. The second-order valence-electron chi connectivity index (χ2n) is 5.46. The Labute approximate surface area is 134 Å². The maximum Gasteiger partial charge on any atom is 0.243 e. The molecule has 0 amide bonds. The Balaban J connectivity index is 2.06. The van der Waals surface area contributed by atoms with E-state index in [1.165, 1.54) is 15.3 Å². The quantitative estimate of drug-likeness (QED) is 0.864. The molecular formula is C14H18ClFN3O2S+. The fourth-order valence-corrected chi connectivity index (χ4v) is 4.23. The average Bonchev–Trinajstić information content (AvgIpc) is 2.50. The van der Waals surface area contributed by atoms with Crippen molar-refractivity contribution in [3.63, 3.8) is 0 Å². The Hall–Kier alpha value is -1.20. The highest BCUT2D eigenvalue weighted by Gasteiger charge is 2.31. The van der Waals surface area contributed by atoms with Crippen molar-refractivity contribution in [1.29, 1.82) is 5.26 Å². The van der Waals surface area contributed by atoms with Gasteiger partial charge < -0.3 is 4.90 Å². The van der Waals surface area contributed by atoms with E-state index < -0.39 is 15.8 Å². The Morgan fingerprint density at radius 1 is 1.45 bits per heavy atom. The topological polar surface area (TPSA) is 65.6 Å². The zero-order chi connectivity index (χ0) is 16.3. The molecule has 1 aromatic rings. The van der Waals surface area contributed by atoms with Crippen LogP contribution in [0.1, 0.15) is 6.92 Å². The van der Waals surface area contributed by atoms with E-state index in [1.807, 2.05) is 6.92 Å². The molecule has 22 heavy (non-hydrogen) atoms. The molecule has 0 spiro atoms. The van der Waals surface area contributed by atoms with E-state index in [4.69, 9.17) is 16.9 Å². The molecule has 1 N–H and O–H groups in total. The van der Waals surface area contributed by atoms with Crippen molar-refractivity contribution in [1.82, 2.24) is 4.31 Å². The molecule has 1 heterocycles. The molecule has 1 saturated heterocycles. The number of sulfonamides is 1. The van der Waals surface area contributed by atoms with Crippen LogP contribution in [0.3, 0.4) is 0 Å². The van der Waals surface area contributed by atoms with Gasteiger partial charge in [-0.3, -0.25) is 0 Å². The number of nitrogens with one attached hydrogen (secondary N) is 1. The van der Waals surface area contributed by atoms with Crippen molar-refractivity contribution in [2.75, 3.05) is 32.7 Å². The lowest BCUT2D eigenvalue weighted by molar-refractivity contribution is -0.905. The molecule has 1 atom stereocenters. The van der Waals surface area contributed by atoms with Gasteiger partial charge in [-0.15, -0.1) is 0 Å². The second kappa shape index (κ2) is 6.92. The predicted molar refractivity (Wildman–Crippen MR) is 80.5 cm³/mol. The number of rotatable bonds is 4. The molecule has 5 nitrogen and oxygen atoms in total. The van der Waals surface area contributed by atoms with Gasteiger partial charge in [-0.2, -0.15) is 9.57 Å².